The molecule has 2 rings (SSSR count). The van der Waals surface area contributed by atoms with E-state index in [0.717, 1.165) is 39.3 Å². The average molecular weight is 245 g/mol. The van der Waals surface area contributed by atoms with Crippen LogP contribution < -0.4 is 0 Å². The van der Waals surface area contributed by atoms with Gasteiger partial charge < -0.3 is 4.74 Å². The zero-order valence-electron chi connectivity index (χ0n) is 11.5. The van der Waals surface area contributed by atoms with Gasteiger partial charge in [0, 0.05) is 25.6 Å². The van der Waals surface area contributed by atoms with Crippen LogP contribution in [0.1, 0.15) is 20.3 Å². The minimum absolute atomic E-state index is 0.445. The van der Waals surface area contributed by atoms with Gasteiger partial charge in [-0.05, 0) is 24.0 Å². The van der Waals surface area contributed by atoms with Crippen LogP contribution in [0.15, 0.2) is 23.8 Å². The van der Waals surface area contributed by atoms with Crippen LogP contribution >= 0.6 is 0 Å². The molecule has 2 atom stereocenters. The van der Waals surface area contributed by atoms with E-state index < -0.39 is 0 Å². The lowest BCUT2D eigenvalue weighted by Crippen LogP contribution is -2.37. The maximum absolute atomic E-state index is 5.38. The summed E-state index contributed by atoms with van der Waals surface area (Å²) in [6.07, 6.45) is 7.75. The minimum Gasteiger partial charge on any atom is -0.379 e. The van der Waals surface area contributed by atoms with Crippen LogP contribution in [0.2, 0.25) is 0 Å². The van der Waals surface area contributed by atoms with Crippen LogP contribution in [0.25, 0.3) is 0 Å². The van der Waals surface area contributed by atoms with Gasteiger partial charge in [0.25, 0.3) is 0 Å². The Morgan fingerprint density at radius 2 is 2.11 bits per heavy atom. The number of nitrogens with zero attached hydrogens (tertiary/aromatic N) is 1. The van der Waals surface area contributed by atoms with Gasteiger partial charge in [0.1, 0.15) is 0 Å². The van der Waals surface area contributed by atoms with Crippen molar-refractivity contribution in [2.45, 2.75) is 20.3 Å². The maximum atomic E-state index is 5.38. The summed E-state index contributed by atoms with van der Waals surface area (Å²) in [5.41, 5.74) is 1.42. The van der Waals surface area contributed by atoms with Crippen molar-refractivity contribution in [3.8, 4) is 11.8 Å². The first-order chi connectivity index (χ1) is 8.75. The van der Waals surface area contributed by atoms with E-state index >= 15 is 0 Å². The fourth-order valence-electron chi connectivity index (χ4n) is 2.22. The minimum atomic E-state index is 0.445. The van der Waals surface area contributed by atoms with Crippen molar-refractivity contribution in [3.63, 3.8) is 0 Å². The highest BCUT2D eigenvalue weighted by molar-refractivity contribution is 5.26. The van der Waals surface area contributed by atoms with E-state index in [0.29, 0.717) is 11.8 Å². The van der Waals surface area contributed by atoms with E-state index in [9.17, 15) is 0 Å². The second-order valence-electron chi connectivity index (χ2n) is 5.26. The van der Waals surface area contributed by atoms with E-state index in [-0.39, 0.29) is 0 Å². The van der Waals surface area contributed by atoms with Gasteiger partial charge in [-0.3, -0.25) is 4.90 Å². The summed E-state index contributed by atoms with van der Waals surface area (Å²) in [7, 11) is 0. The van der Waals surface area contributed by atoms with Crippen molar-refractivity contribution in [2.75, 3.05) is 32.8 Å². The molecule has 0 spiro atoms. The SMILES string of the molecule is CC1/C=C\C/C(CN2CCOCC2)=C\C#C[C@@H]1C. The van der Waals surface area contributed by atoms with Gasteiger partial charge in [-0.15, -0.1) is 0 Å². The Hall–Kier alpha value is -1.04. The third-order valence-corrected chi connectivity index (χ3v) is 3.73. The predicted molar refractivity (Wildman–Crippen MR) is 75.2 cm³/mol. The third kappa shape index (κ3) is 4.01. The summed E-state index contributed by atoms with van der Waals surface area (Å²) in [6.45, 7) is 9.28. The monoisotopic (exact) mass is 245 g/mol. The number of allylic oxidation sites excluding steroid dienone is 3. The van der Waals surface area contributed by atoms with Crippen molar-refractivity contribution in [1.29, 1.82) is 0 Å². The van der Waals surface area contributed by atoms with Gasteiger partial charge in [-0.2, -0.15) is 0 Å². The van der Waals surface area contributed by atoms with Crippen LogP contribution in [-0.2, 0) is 4.74 Å². The Morgan fingerprint density at radius 3 is 2.89 bits per heavy atom. The Balaban J connectivity index is 1.98. The molecule has 0 bridgehead atoms. The van der Waals surface area contributed by atoms with E-state index in [1.807, 2.05) is 0 Å². The summed E-state index contributed by atoms with van der Waals surface area (Å²) in [5.74, 6) is 7.55. The topological polar surface area (TPSA) is 12.5 Å². The number of rotatable bonds is 2. The Morgan fingerprint density at radius 1 is 1.33 bits per heavy atom. The summed E-state index contributed by atoms with van der Waals surface area (Å²) < 4.78 is 5.38. The number of ether oxygens (including phenoxy) is 1. The van der Waals surface area contributed by atoms with Gasteiger partial charge in [-0.1, -0.05) is 37.8 Å². The first-order valence-corrected chi connectivity index (χ1v) is 6.91. The van der Waals surface area contributed by atoms with Gasteiger partial charge in [0.15, 0.2) is 0 Å². The number of morpholine rings is 1. The Labute approximate surface area is 111 Å². The number of hydrogen-bond donors (Lipinski definition) is 0. The van der Waals surface area contributed by atoms with E-state index in [2.05, 4.69) is 48.8 Å². The summed E-state index contributed by atoms with van der Waals surface area (Å²) in [4.78, 5) is 2.45. The molecule has 1 heterocycles. The van der Waals surface area contributed by atoms with Gasteiger partial charge in [0.05, 0.1) is 13.2 Å². The fourth-order valence-corrected chi connectivity index (χ4v) is 2.22. The lowest BCUT2D eigenvalue weighted by molar-refractivity contribution is 0.0421. The van der Waals surface area contributed by atoms with Gasteiger partial charge in [-0.25, -0.2) is 0 Å². The van der Waals surface area contributed by atoms with Crippen LogP contribution in [0.4, 0.5) is 0 Å². The van der Waals surface area contributed by atoms with E-state index in [1.165, 1.54) is 5.57 Å². The highest BCUT2D eigenvalue weighted by atomic mass is 16.5. The second kappa shape index (κ2) is 6.78. The van der Waals surface area contributed by atoms with Crippen LogP contribution in [0.5, 0.6) is 0 Å². The van der Waals surface area contributed by atoms with Crippen molar-refractivity contribution in [1.82, 2.24) is 4.90 Å². The lowest BCUT2D eigenvalue weighted by atomic mass is 9.96. The zero-order valence-corrected chi connectivity index (χ0v) is 11.5. The molecule has 2 aliphatic rings. The molecule has 0 aromatic carbocycles. The molecule has 0 aromatic rings. The van der Waals surface area contributed by atoms with Crippen LogP contribution in [0, 0.1) is 23.7 Å². The molecule has 1 aliphatic heterocycles. The summed E-state index contributed by atoms with van der Waals surface area (Å²) >= 11 is 0. The predicted octanol–water partition coefficient (Wildman–Crippen LogP) is 2.48. The standard InChI is InChI=1S/C16H23NO/c1-14-5-3-7-16(8-4-6-15(14)2)13-17-9-11-18-12-10-17/h3,5,8,14-15H,7,9-13H2,1-2H3/b5-3-,16-8+/t14?,15-/m0/s1. The molecule has 0 N–H and O–H groups in total. The lowest BCUT2D eigenvalue weighted by Gasteiger charge is -2.27. The second-order valence-corrected chi connectivity index (χ2v) is 5.26. The molecule has 0 aromatic heterocycles. The van der Waals surface area contributed by atoms with Crippen LogP contribution in [-0.4, -0.2) is 37.7 Å². The molecule has 1 unspecified atom stereocenters. The molecule has 1 saturated heterocycles. The molecule has 2 heteroatoms. The fraction of sp³-hybridized carbons (Fsp3) is 0.625. The molecular weight excluding hydrogens is 222 g/mol. The zero-order chi connectivity index (χ0) is 12.8. The van der Waals surface area contributed by atoms with Gasteiger partial charge >= 0.3 is 0 Å². The van der Waals surface area contributed by atoms with E-state index in [4.69, 9.17) is 4.74 Å². The Kier molecular flexibility index (Phi) is 5.04. The molecule has 98 valence electrons. The first-order valence-electron chi connectivity index (χ1n) is 6.91. The molecule has 2 nitrogen and oxygen atoms in total. The highest BCUT2D eigenvalue weighted by Crippen LogP contribution is 2.15. The third-order valence-electron chi connectivity index (χ3n) is 3.73. The molecule has 1 fully saturated rings. The first kappa shape index (κ1) is 13.4. The molecule has 0 amide bonds. The number of hydrogen-bond acceptors (Lipinski definition) is 2. The van der Waals surface area contributed by atoms with Crippen molar-refractivity contribution < 1.29 is 4.74 Å². The normalized spacial score (nSPS) is 34.2. The molecular formula is C16H23NO. The summed E-state index contributed by atoms with van der Waals surface area (Å²) in [6, 6.07) is 0. The highest BCUT2D eigenvalue weighted by Gasteiger charge is 2.12. The average Bonchev–Trinajstić information content (AvgIpc) is 2.45. The van der Waals surface area contributed by atoms with E-state index in [1.54, 1.807) is 0 Å². The van der Waals surface area contributed by atoms with Gasteiger partial charge in [0.2, 0.25) is 0 Å². The largest absolute Gasteiger partial charge is 0.379 e. The summed E-state index contributed by atoms with van der Waals surface area (Å²) in [5, 5.41) is 0. The molecule has 18 heavy (non-hydrogen) atoms. The van der Waals surface area contributed by atoms with Crippen molar-refractivity contribution >= 4 is 0 Å². The maximum Gasteiger partial charge on any atom is 0.0594 e. The smallest absolute Gasteiger partial charge is 0.0594 e. The Bertz CT molecular complexity index is 380. The molecule has 0 saturated carbocycles. The van der Waals surface area contributed by atoms with Crippen LogP contribution in [0.3, 0.4) is 0 Å². The molecule has 1 aliphatic carbocycles. The quantitative estimate of drug-likeness (QED) is 0.547. The van der Waals surface area contributed by atoms with Crippen molar-refractivity contribution in [3.05, 3.63) is 23.8 Å². The van der Waals surface area contributed by atoms with Crippen molar-refractivity contribution in [2.24, 2.45) is 11.8 Å². The molecule has 0 radical (unpaired) electrons.